The summed E-state index contributed by atoms with van der Waals surface area (Å²) in [6.45, 7) is 0. The number of rotatable bonds is 2. The molecule has 1 N–H and O–H groups in total. The zero-order chi connectivity index (χ0) is 10.7. The van der Waals surface area contributed by atoms with Crippen LogP contribution in [-0.2, 0) is 0 Å². The van der Waals surface area contributed by atoms with Gasteiger partial charge in [-0.3, -0.25) is 0 Å². The normalized spacial score (nSPS) is 43.2. The van der Waals surface area contributed by atoms with Crippen molar-refractivity contribution in [3.05, 3.63) is 24.1 Å². The molecule has 2 bridgehead atoms. The second-order valence-corrected chi connectivity index (χ2v) is 5.49. The van der Waals surface area contributed by atoms with Crippen molar-refractivity contribution < 1.29 is 4.39 Å². The van der Waals surface area contributed by atoms with Gasteiger partial charge in [-0.05, 0) is 55.1 Å². The van der Waals surface area contributed by atoms with E-state index in [2.05, 4.69) is 10.3 Å². The first-order valence-corrected chi connectivity index (χ1v) is 6.21. The van der Waals surface area contributed by atoms with Gasteiger partial charge in [-0.25, -0.2) is 9.37 Å². The van der Waals surface area contributed by atoms with Gasteiger partial charge in [-0.15, -0.1) is 0 Å². The minimum Gasteiger partial charge on any atom is -0.364 e. The van der Waals surface area contributed by atoms with E-state index >= 15 is 0 Å². The summed E-state index contributed by atoms with van der Waals surface area (Å²) in [6, 6.07) is 3.62. The molecule has 0 amide bonds. The molecule has 3 aliphatic rings. The summed E-state index contributed by atoms with van der Waals surface area (Å²) in [5, 5.41) is 3.30. The molecule has 3 fully saturated rings. The van der Waals surface area contributed by atoms with Gasteiger partial charge >= 0.3 is 0 Å². The average molecular weight is 218 g/mol. The molecule has 4 rings (SSSR count). The van der Waals surface area contributed by atoms with Gasteiger partial charge < -0.3 is 5.32 Å². The van der Waals surface area contributed by atoms with E-state index in [-0.39, 0.29) is 5.82 Å². The summed E-state index contributed by atoms with van der Waals surface area (Å²) in [6.07, 6.45) is 5.87. The predicted molar refractivity (Wildman–Crippen MR) is 59.4 cm³/mol. The van der Waals surface area contributed by atoms with Crippen LogP contribution in [0, 0.1) is 29.5 Å². The molecule has 0 saturated heterocycles. The SMILES string of the molecule is Fc1cccnc1NC1C2C3CCC(C3)C12. The fourth-order valence-corrected chi connectivity index (χ4v) is 4.17. The molecule has 0 aliphatic heterocycles. The maximum atomic E-state index is 13.4. The number of fused-ring (bicyclic) bond motifs is 5. The quantitative estimate of drug-likeness (QED) is 0.825. The van der Waals surface area contributed by atoms with Gasteiger partial charge in [0.15, 0.2) is 11.6 Å². The molecule has 0 radical (unpaired) electrons. The van der Waals surface area contributed by atoms with Crippen LogP contribution < -0.4 is 5.32 Å². The minimum atomic E-state index is -0.222. The van der Waals surface area contributed by atoms with Crippen LogP contribution in [0.1, 0.15) is 19.3 Å². The summed E-state index contributed by atoms with van der Waals surface area (Å²) < 4.78 is 13.4. The number of nitrogens with one attached hydrogen (secondary N) is 1. The Morgan fingerprint density at radius 2 is 2.00 bits per heavy atom. The molecule has 1 aromatic rings. The van der Waals surface area contributed by atoms with Crippen LogP contribution in [0.15, 0.2) is 18.3 Å². The lowest BCUT2D eigenvalue weighted by Crippen LogP contribution is -2.14. The molecule has 2 nitrogen and oxygen atoms in total. The number of hydrogen-bond acceptors (Lipinski definition) is 2. The second-order valence-electron chi connectivity index (χ2n) is 5.49. The molecule has 4 unspecified atom stereocenters. The maximum Gasteiger partial charge on any atom is 0.165 e. The van der Waals surface area contributed by atoms with E-state index in [1.54, 1.807) is 12.3 Å². The maximum absolute atomic E-state index is 13.4. The van der Waals surface area contributed by atoms with Gasteiger partial charge in [0, 0.05) is 12.2 Å². The molecule has 3 aliphatic carbocycles. The summed E-state index contributed by atoms with van der Waals surface area (Å²) in [5.74, 6) is 3.69. The van der Waals surface area contributed by atoms with E-state index in [1.807, 2.05) is 0 Å². The van der Waals surface area contributed by atoms with E-state index in [1.165, 1.54) is 25.3 Å². The molecule has 0 aromatic carbocycles. The number of hydrogen-bond donors (Lipinski definition) is 1. The van der Waals surface area contributed by atoms with Crippen LogP contribution in [0.5, 0.6) is 0 Å². The van der Waals surface area contributed by atoms with Crippen molar-refractivity contribution in [2.24, 2.45) is 23.7 Å². The highest BCUT2D eigenvalue weighted by Crippen LogP contribution is 2.66. The Morgan fingerprint density at radius 3 is 2.69 bits per heavy atom. The van der Waals surface area contributed by atoms with Crippen molar-refractivity contribution in [3.63, 3.8) is 0 Å². The average Bonchev–Trinajstić information content (AvgIpc) is 2.71. The fourth-order valence-electron chi connectivity index (χ4n) is 4.17. The lowest BCUT2D eigenvalue weighted by atomic mass is 10.0. The lowest BCUT2D eigenvalue weighted by molar-refractivity contribution is 0.456. The first-order valence-electron chi connectivity index (χ1n) is 6.21. The fraction of sp³-hybridized carbons (Fsp3) is 0.615. The zero-order valence-electron chi connectivity index (χ0n) is 9.07. The first kappa shape index (κ1) is 8.97. The number of anilines is 1. The van der Waals surface area contributed by atoms with Crippen LogP contribution in [0.2, 0.25) is 0 Å². The van der Waals surface area contributed by atoms with Crippen molar-refractivity contribution in [3.8, 4) is 0 Å². The largest absolute Gasteiger partial charge is 0.364 e. The van der Waals surface area contributed by atoms with Crippen LogP contribution in [0.4, 0.5) is 10.2 Å². The lowest BCUT2D eigenvalue weighted by Gasteiger charge is -2.11. The van der Waals surface area contributed by atoms with Crippen LogP contribution in [0.25, 0.3) is 0 Å². The van der Waals surface area contributed by atoms with Gasteiger partial charge in [0.05, 0.1) is 0 Å². The molecule has 4 atom stereocenters. The van der Waals surface area contributed by atoms with Gasteiger partial charge in [0.1, 0.15) is 0 Å². The third-order valence-corrected chi connectivity index (χ3v) is 4.80. The molecule has 1 aromatic heterocycles. The van der Waals surface area contributed by atoms with Crippen LogP contribution >= 0.6 is 0 Å². The number of halogens is 1. The molecule has 84 valence electrons. The second kappa shape index (κ2) is 2.96. The van der Waals surface area contributed by atoms with E-state index in [9.17, 15) is 4.39 Å². The Bertz CT molecular complexity index is 418. The summed E-state index contributed by atoms with van der Waals surface area (Å²) in [5.41, 5.74) is 0. The molecule has 3 saturated carbocycles. The molecule has 3 heteroatoms. The minimum absolute atomic E-state index is 0.222. The third-order valence-electron chi connectivity index (χ3n) is 4.80. The van der Waals surface area contributed by atoms with E-state index in [4.69, 9.17) is 0 Å². The zero-order valence-corrected chi connectivity index (χ0v) is 9.07. The smallest absolute Gasteiger partial charge is 0.165 e. The first-order chi connectivity index (χ1) is 7.84. The summed E-state index contributed by atoms with van der Waals surface area (Å²) in [4.78, 5) is 4.07. The van der Waals surface area contributed by atoms with Crippen LogP contribution in [-0.4, -0.2) is 11.0 Å². The summed E-state index contributed by atoms with van der Waals surface area (Å²) in [7, 11) is 0. The van der Waals surface area contributed by atoms with Crippen molar-refractivity contribution in [1.29, 1.82) is 0 Å². The van der Waals surface area contributed by atoms with Gasteiger partial charge in [-0.2, -0.15) is 0 Å². The third kappa shape index (κ3) is 1.09. The Labute approximate surface area is 94.3 Å². The van der Waals surface area contributed by atoms with Crippen molar-refractivity contribution in [2.45, 2.75) is 25.3 Å². The topological polar surface area (TPSA) is 24.9 Å². The predicted octanol–water partition coefficient (Wildman–Crippen LogP) is 2.68. The van der Waals surface area contributed by atoms with E-state index in [0.29, 0.717) is 11.9 Å². The Kier molecular flexibility index (Phi) is 1.66. The van der Waals surface area contributed by atoms with Crippen molar-refractivity contribution in [1.82, 2.24) is 4.98 Å². The van der Waals surface area contributed by atoms with Crippen molar-refractivity contribution >= 4 is 5.82 Å². The van der Waals surface area contributed by atoms with Gasteiger partial charge in [-0.1, -0.05) is 0 Å². The Hall–Kier alpha value is -1.12. The molecule has 0 spiro atoms. The van der Waals surface area contributed by atoms with Gasteiger partial charge in [0.25, 0.3) is 0 Å². The Balaban J connectivity index is 1.53. The monoisotopic (exact) mass is 218 g/mol. The molecular weight excluding hydrogens is 203 g/mol. The van der Waals surface area contributed by atoms with Crippen LogP contribution in [0.3, 0.4) is 0 Å². The highest BCUT2D eigenvalue weighted by molar-refractivity contribution is 5.41. The number of nitrogens with zero attached hydrogens (tertiary/aromatic N) is 1. The standard InChI is InChI=1S/C13H15FN2/c14-9-2-1-5-15-13(9)16-12-10-7-3-4-8(6-7)11(10)12/h1-2,5,7-8,10-12H,3-4,6H2,(H,15,16). The molecule has 1 heterocycles. The van der Waals surface area contributed by atoms with E-state index in [0.717, 1.165) is 23.7 Å². The highest BCUT2D eigenvalue weighted by atomic mass is 19.1. The number of aromatic nitrogens is 1. The Morgan fingerprint density at radius 1 is 1.25 bits per heavy atom. The van der Waals surface area contributed by atoms with Gasteiger partial charge in [0.2, 0.25) is 0 Å². The van der Waals surface area contributed by atoms with E-state index < -0.39 is 0 Å². The summed E-state index contributed by atoms with van der Waals surface area (Å²) >= 11 is 0. The van der Waals surface area contributed by atoms with Crippen molar-refractivity contribution in [2.75, 3.05) is 5.32 Å². The number of pyridine rings is 1. The molecular formula is C13H15FN2. The molecule has 16 heavy (non-hydrogen) atoms. The highest BCUT2D eigenvalue weighted by Gasteiger charge is 2.65.